The second-order valence-corrected chi connectivity index (χ2v) is 8.44. The Morgan fingerprint density at radius 3 is 2.27 bits per heavy atom. The van der Waals surface area contributed by atoms with Crippen LogP contribution in [0.3, 0.4) is 0 Å². The largest absolute Gasteiger partial charge is 0.347 e. The van der Waals surface area contributed by atoms with Crippen molar-refractivity contribution in [2.75, 3.05) is 17.3 Å². The summed E-state index contributed by atoms with van der Waals surface area (Å²) in [6, 6.07) is 4.92. The van der Waals surface area contributed by atoms with Crippen molar-refractivity contribution >= 4 is 27.3 Å². The zero-order chi connectivity index (χ0) is 17.1. The molecule has 1 aromatic rings. The molecule has 22 heavy (non-hydrogen) atoms. The molecule has 0 bridgehead atoms. The van der Waals surface area contributed by atoms with E-state index in [1.807, 2.05) is 20.8 Å². The molecule has 0 atom stereocenters. The molecule has 0 saturated heterocycles. The van der Waals surface area contributed by atoms with E-state index in [1.54, 1.807) is 25.1 Å². The monoisotopic (exact) mass is 326 g/mol. The Bertz CT molecular complexity index is 688. The first kappa shape index (κ1) is 18.2. The molecule has 0 saturated carbocycles. The van der Waals surface area contributed by atoms with E-state index in [4.69, 9.17) is 0 Å². The molecule has 7 heteroatoms. The number of hydrogen-bond acceptors (Lipinski definition) is 4. The third kappa shape index (κ3) is 5.85. The summed E-state index contributed by atoms with van der Waals surface area (Å²) in [5, 5.41) is 5.37. The molecule has 0 spiro atoms. The van der Waals surface area contributed by atoms with Gasteiger partial charge in [0.05, 0.1) is 0 Å². The number of sulfone groups is 1. The Hall–Kier alpha value is -1.89. The summed E-state index contributed by atoms with van der Waals surface area (Å²) < 4.78 is 22.2. The highest BCUT2D eigenvalue weighted by atomic mass is 32.2. The molecule has 6 nitrogen and oxygen atoms in total. The molecule has 0 radical (unpaired) electrons. The minimum absolute atomic E-state index is 0.246. The Balaban J connectivity index is 2.99. The normalized spacial score (nSPS) is 11.9. The van der Waals surface area contributed by atoms with Crippen LogP contribution in [-0.2, 0) is 14.6 Å². The summed E-state index contributed by atoms with van der Waals surface area (Å²) in [4.78, 5) is 23.9. The predicted octanol–water partition coefficient (Wildman–Crippen LogP) is 1.51. The van der Waals surface area contributed by atoms with Gasteiger partial charge < -0.3 is 10.6 Å². The van der Waals surface area contributed by atoms with Crippen LogP contribution in [0.5, 0.6) is 0 Å². The van der Waals surface area contributed by atoms with Crippen molar-refractivity contribution in [1.29, 1.82) is 0 Å². The molecule has 0 unspecified atom stereocenters. The Kier molecular flexibility index (Phi) is 5.35. The van der Waals surface area contributed by atoms with Crippen LogP contribution < -0.4 is 10.6 Å². The fraction of sp³-hybridized carbons (Fsp3) is 0.467. The maximum Gasteiger partial charge on any atom is 0.252 e. The van der Waals surface area contributed by atoms with E-state index in [9.17, 15) is 18.0 Å². The summed E-state index contributed by atoms with van der Waals surface area (Å²) in [5.74, 6) is -1.46. The second-order valence-electron chi connectivity index (χ2n) is 6.30. The van der Waals surface area contributed by atoms with Crippen LogP contribution >= 0.6 is 0 Å². The van der Waals surface area contributed by atoms with E-state index in [0.29, 0.717) is 16.8 Å². The summed E-state index contributed by atoms with van der Waals surface area (Å²) in [6.45, 7) is 7.32. The number of anilines is 1. The molecule has 0 heterocycles. The number of amides is 2. The van der Waals surface area contributed by atoms with E-state index < -0.39 is 21.5 Å². The van der Waals surface area contributed by atoms with Crippen molar-refractivity contribution in [3.8, 4) is 0 Å². The quantitative estimate of drug-likeness (QED) is 0.877. The van der Waals surface area contributed by atoms with Crippen LogP contribution in [0.4, 0.5) is 5.69 Å². The first-order valence-corrected chi connectivity index (χ1v) is 8.85. The fourth-order valence-corrected chi connectivity index (χ4v) is 2.40. The van der Waals surface area contributed by atoms with E-state index in [-0.39, 0.29) is 11.4 Å². The highest BCUT2D eigenvalue weighted by Gasteiger charge is 2.19. The van der Waals surface area contributed by atoms with Gasteiger partial charge >= 0.3 is 0 Å². The maximum absolute atomic E-state index is 12.2. The number of benzene rings is 1. The van der Waals surface area contributed by atoms with Crippen LogP contribution in [0.15, 0.2) is 18.2 Å². The number of rotatable bonds is 4. The zero-order valence-electron chi connectivity index (χ0n) is 13.5. The van der Waals surface area contributed by atoms with Gasteiger partial charge in [-0.05, 0) is 45.4 Å². The van der Waals surface area contributed by atoms with Gasteiger partial charge in [-0.3, -0.25) is 9.59 Å². The van der Waals surface area contributed by atoms with Crippen LogP contribution in [-0.4, -0.2) is 37.8 Å². The zero-order valence-corrected chi connectivity index (χ0v) is 14.3. The number of carbonyl (C=O) groups excluding carboxylic acids is 2. The molecule has 122 valence electrons. The van der Waals surface area contributed by atoms with Crippen molar-refractivity contribution in [2.24, 2.45) is 0 Å². The molecule has 0 fully saturated rings. The average molecular weight is 326 g/mol. The second kappa shape index (κ2) is 6.48. The molecule has 0 aliphatic rings. The van der Waals surface area contributed by atoms with Gasteiger partial charge in [0, 0.05) is 23.0 Å². The van der Waals surface area contributed by atoms with Gasteiger partial charge in [0.15, 0.2) is 9.84 Å². The van der Waals surface area contributed by atoms with Crippen LogP contribution in [0.1, 0.15) is 36.7 Å². The van der Waals surface area contributed by atoms with Crippen molar-refractivity contribution < 1.29 is 18.0 Å². The van der Waals surface area contributed by atoms with Gasteiger partial charge in [-0.2, -0.15) is 0 Å². The van der Waals surface area contributed by atoms with Crippen LogP contribution in [0.25, 0.3) is 0 Å². The predicted molar refractivity (Wildman–Crippen MR) is 86.7 cm³/mol. The van der Waals surface area contributed by atoms with Gasteiger partial charge in [0.1, 0.15) is 5.75 Å². The third-order valence-electron chi connectivity index (χ3n) is 2.73. The molecule has 0 aliphatic heterocycles. The molecular formula is C15H22N2O4S. The summed E-state index contributed by atoms with van der Waals surface area (Å²) in [7, 11) is -3.40. The molecule has 0 aliphatic carbocycles. The van der Waals surface area contributed by atoms with Crippen molar-refractivity contribution in [2.45, 2.75) is 33.2 Å². The van der Waals surface area contributed by atoms with E-state index in [0.717, 1.165) is 6.26 Å². The average Bonchev–Trinajstić information content (AvgIpc) is 2.26. The molecule has 0 aromatic heterocycles. The van der Waals surface area contributed by atoms with Gasteiger partial charge in [-0.15, -0.1) is 0 Å². The van der Waals surface area contributed by atoms with Gasteiger partial charge in [-0.1, -0.05) is 6.07 Å². The Morgan fingerprint density at radius 2 is 1.77 bits per heavy atom. The van der Waals surface area contributed by atoms with E-state index in [1.165, 1.54) is 0 Å². The molecule has 2 N–H and O–H groups in total. The number of nitrogens with one attached hydrogen (secondary N) is 2. The van der Waals surface area contributed by atoms with Gasteiger partial charge in [0.25, 0.3) is 5.91 Å². The minimum atomic E-state index is -3.40. The highest BCUT2D eigenvalue weighted by Crippen LogP contribution is 2.19. The van der Waals surface area contributed by atoms with Gasteiger partial charge in [0.2, 0.25) is 5.91 Å². The Morgan fingerprint density at radius 1 is 1.18 bits per heavy atom. The lowest BCUT2D eigenvalue weighted by atomic mass is 10.0. The first-order valence-electron chi connectivity index (χ1n) is 6.79. The lowest BCUT2D eigenvalue weighted by molar-refractivity contribution is -0.113. The number of hydrogen-bond donors (Lipinski definition) is 2. The Labute approximate surface area is 131 Å². The fourth-order valence-electron chi connectivity index (χ4n) is 1.85. The molecular weight excluding hydrogens is 304 g/mol. The lowest BCUT2D eigenvalue weighted by Gasteiger charge is -2.21. The summed E-state index contributed by atoms with van der Waals surface area (Å²) in [5.41, 5.74) is 1.08. The topological polar surface area (TPSA) is 92.3 Å². The van der Waals surface area contributed by atoms with Crippen molar-refractivity contribution in [3.63, 3.8) is 0 Å². The van der Waals surface area contributed by atoms with Crippen molar-refractivity contribution in [1.82, 2.24) is 5.32 Å². The summed E-state index contributed by atoms with van der Waals surface area (Å²) in [6.07, 6.45) is 0.993. The van der Waals surface area contributed by atoms with E-state index >= 15 is 0 Å². The number of carbonyl (C=O) groups is 2. The highest BCUT2D eigenvalue weighted by molar-refractivity contribution is 7.91. The summed E-state index contributed by atoms with van der Waals surface area (Å²) >= 11 is 0. The maximum atomic E-state index is 12.2. The molecule has 1 aromatic carbocycles. The van der Waals surface area contributed by atoms with Gasteiger partial charge in [-0.25, -0.2) is 8.42 Å². The minimum Gasteiger partial charge on any atom is -0.347 e. The van der Waals surface area contributed by atoms with Crippen molar-refractivity contribution in [3.05, 3.63) is 29.3 Å². The smallest absolute Gasteiger partial charge is 0.252 e. The van der Waals surface area contributed by atoms with Crippen LogP contribution in [0.2, 0.25) is 0 Å². The SMILES string of the molecule is Cc1c(NC(=O)CS(C)(=O)=O)cccc1C(=O)NC(C)(C)C. The standard InChI is InChI=1S/C15H22N2O4S/c1-10-11(14(19)17-15(2,3)4)7-6-8-12(10)16-13(18)9-22(5,20)21/h6-8H,9H2,1-5H3,(H,16,18)(H,17,19). The van der Waals surface area contributed by atoms with E-state index in [2.05, 4.69) is 10.6 Å². The first-order chi connectivity index (χ1) is 9.89. The lowest BCUT2D eigenvalue weighted by Crippen LogP contribution is -2.40. The third-order valence-corrected chi connectivity index (χ3v) is 3.52. The van der Waals surface area contributed by atoms with Crippen LogP contribution in [0, 0.1) is 6.92 Å². The molecule has 2 amide bonds. The molecule has 1 rings (SSSR count).